The molecule has 2 heterocycles. The first kappa shape index (κ1) is 17.7. The number of benzene rings is 1. The first-order valence-corrected chi connectivity index (χ1v) is 8.60. The van der Waals surface area contributed by atoms with Crippen LogP contribution in [-0.2, 0) is 0 Å². The van der Waals surface area contributed by atoms with Crippen LogP contribution in [0.15, 0.2) is 41.5 Å². The first-order valence-electron chi connectivity index (χ1n) is 7.78. The summed E-state index contributed by atoms with van der Waals surface area (Å²) in [6.45, 7) is 2.03. The number of ether oxygens (including phenoxy) is 2. The monoisotopic (exact) mass is 370 g/mol. The van der Waals surface area contributed by atoms with E-state index in [1.54, 1.807) is 43.8 Å². The SMILES string of the molecule is COc1ccc(C=NNC(=O)c2cc(-c3ccc(C)s3)[nH]n2)cc1OC. The summed E-state index contributed by atoms with van der Waals surface area (Å²) in [7, 11) is 3.13. The third-order valence-corrected chi connectivity index (χ3v) is 4.64. The van der Waals surface area contributed by atoms with Crippen LogP contribution in [0.4, 0.5) is 0 Å². The van der Waals surface area contributed by atoms with E-state index >= 15 is 0 Å². The van der Waals surface area contributed by atoms with Crippen molar-refractivity contribution in [2.24, 2.45) is 5.10 Å². The number of H-pyrrole nitrogens is 1. The Morgan fingerprint density at radius 3 is 2.69 bits per heavy atom. The highest BCUT2D eigenvalue weighted by molar-refractivity contribution is 7.15. The van der Waals surface area contributed by atoms with Crippen molar-refractivity contribution in [2.45, 2.75) is 6.92 Å². The Bertz CT molecular complexity index is 946. The number of hydrogen-bond acceptors (Lipinski definition) is 6. The molecular weight excluding hydrogens is 352 g/mol. The van der Waals surface area contributed by atoms with E-state index in [0.717, 1.165) is 16.1 Å². The maximum absolute atomic E-state index is 12.2. The topological polar surface area (TPSA) is 88.6 Å². The molecular formula is C18H18N4O3S. The first-order chi connectivity index (χ1) is 12.6. The van der Waals surface area contributed by atoms with Gasteiger partial charge in [-0.1, -0.05) is 0 Å². The van der Waals surface area contributed by atoms with Gasteiger partial charge in [0.2, 0.25) is 0 Å². The summed E-state index contributed by atoms with van der Waals surface area (Å²) >= 11 is 1.63. The highest BCUT2D eigenvalue weighted by Crippen LogP contribution is 2.27. The summed E-state index contributed by atoms with van der Waals surface area (Å²) in [6.07, 6.45) is 1.52. The second-order valence-corrected chi connectivity index (χ2v) is 6.68. The van der Waals surface area contributed by atoms with E-state index in [9.17, 15) is 4.79 Å². The zero-order valence-corrected chi connectivity index (χ0v) is 15.4. The predicted molar refractivity (Wildman–Crippen MR) is 101 cm³/mol. The minimum absolute atomic E-state index is 0.274. The van der Waals surface area contributed by atoms with E-state index < -0.39 is 5.91 Å². The molecule has 3 rings (SSSR count). The van der Waals surface area contributed by atoms with E-state index in [4.69, 9.17) is 9.47 Å². The van der Waals surface area contributed by atoms with Crippen LogP contribution in [0, 0.1) is 6.92 Å². The fourth-order valence-corrected chi connectivity index (χ4v) is 3.13. The number of aromatic amines is 1. The lowest BCUT2D eigenvalue weighted by molar-refractivity contribution is 0.0950. The number of thiophene rings is 1. The zero-order chi connectivity index (χ0) is 18.5. The smallest absolute Gasteiger partial charge is 0.291 e. The van der Waals surface area contributed by atoms with Crippen LogP contribution in [0.1, 0.15) is 20.9 Å². The van der Waals surface area contributed by atoms with E-state index in [0.29, 0.717) is 11.5 Å². The molecule has 0 aliphatic heterocycles. The molecule has 134 valence electrons. The third kappa shape index (κ3) is 3.92. The molecule has 1 amide bonds. The molecule has 8 heteroatoms. The molecule has 0 saturated heterocycles. The van der Waals surface area contributed by atoms with Crippen molar-refractivity contribution in [3.05, 3.63) is 52.5 Å². The van der Waals surface area contributed by atoms with Gasteiger partial charge in [-0.05, 0) is 48.9 Å². The van der Waals surface area contributed by atoms with E-state index in [2.05, 4.69) is 20.7 Å². The molecule has 0 aliphatic rings. The van der Waals surface area contributed by atoms with Gasteiger partial charge in [-0.15, -0.1) is 11.3 Å². The molecule has 7 nitrogen and oxygen atoms in total. The minimum atomic E-state index is -0.391. The normalized spacial score (nSPS) is 10.9. The van der Waals surface area contributed by atoms with Crippen LogP contribution in [0.2, 0.25) is 0 Å². The van der Waals surface area contributed by atoms with Gasteiger partial charge in [0.05, 0.1) is 31.0 Å². The van der Waals surface area contributed by atoms with E-state index in [1.165, 1.54) is 11.1 Å². The standard InChI is InChI=1S/C18H18N4O3S/c1-11-4-7-17(26-11)13-9-14(21-20-13)18(23)22-19-10-12-5-6-15(24-2)16(8-12)25-3/h4-10H,1-3H3,(H,20,21)(H,22,23). The predicted octanol–water partition coefficient (Wildman–Crippen LogP) is 3.23. The van der Waals surface area contributed by atoms with Gasteiger partial charge in [-0.25, -0.2) is 5.43 Å². The molecule has 0 spiro atoms. The number of carbonyl (C=O) groups is 1. The Balaban J connectivity index is 1.65. The van der Waals surface area contributed by atoms with Crippen LogP contribution in [-0.4, -0.2) is 36.5 Å². The molecule has 0 saturated carbocycles. The Kier molecular flexibility index (Phi) is 5.33. The molecule has 3 aromatic rings. The van der Waals surface area contributed by atoms with Crippen LogP contribution in [0.3, 0.4) is 0 Å². The maximum Gasteiger partial charge on any atom is 0.291 e. The molecule has 1 aromatic carbocycles. The minimum Gasteiger partial charge on any atom is -0.493 e. The average molecular weight is 370 g/mol. The lowest BCUT2D eigenvalue weighted by atomic mass is 10.2. The van der Waals surface area contributed by atoms with Crippen molar-refractivity contribution < 1.29 is 14.3 Å². The van der Waals surface area contributed by atoms with Gasteiger partial charge in [0, 0.05) is 4.88 Å². The molecule has 0 fully saturated rings. The Hall–Kier alpha value is -3.13. The van der Waals surface area contributed by atoms with Gasteiger partial charge in [0.15, 0.2) is 17.2 Å². The molecule has 2 aromatic heterocycles. The fourth-order valence-electron chi connectivity index (χ4n) is 2.30. The number of nitrogens with zero attached hydrogens (tertiary/aromatic N) is 2. The fraction of sp³-hybridized carbons (Fsp3) is 0.167. The van der Waals surface area contributed by atoms with Gasteiger partial charge >= 0.3 is 0 Å². The number of nitrogens with one attached hydrogen (secondary N) is 2. The lowest BCUT2D eigenvalue weighted by Crippen LogP contribution is -2.18. The summed E-state index contributed by atoms with van der Waals surface area (Å²) < 4.78 is 10.4. The van der Waals surface area contributed by atoms with Gasteiger partial charge < -0.3 is 9.47 Å². The number of aromatic nitrogens is 2. The van der Waals surface area contributed by atoms with Gasteiger partial charge in [0.1, 0.15) is 0 Å². The van der Waals surface area contributed by atoms with Gasteiger partial charge in [-0.2, -0.15) is 10.2 Å². The molecule has 2 N–H and O–H groups in total. The number of carbonyl (C=O) groups excluding carboxylic acids is 1. The number of hydrazone groups is 1. The van der Waals surface area contributed by atoms with Crippen molar-refractivity contribution in [3.8, 4) is 22.1 Å². The number of methoxy groups -OCH3 is 2. The molecule has 0 radical (unpaired) electrons. The Labute approximate surface area is 154 Å². The average Bonchev–Trinajstić information content (AvgIpc) is 3.30. The van der Waals surface area contributed by atoms with Crippen molar-refractivity contribution in [1.82, 2.24) is 15.6 Å². The molecule has 0 unspecified atom stereocenters. The van der Waals surface area contributed by atoms with Crippen molar-refractivity contribution in [2.75, 3.05) is 14.2 Å². The quantitative estimate of drug-likeness (QED) is 0.515. The van der Waals surface area contributed by atoms with Crippen LogP contribution in [0.5, 0.6) is 11.5 Å². The Morgan fingerprint density at radius 2 is 2.00 bits per heavy atom. The summed E-state index contributed by atoms with van der Waals surface area (Å²) in [5.41, 5.74) is 4.30. The number of aryl methyl sites for hydroxylation is 1. The highest BCUT2D eigenvalue weighted by atomic mass is 32.1. The summed E-state index contributed by atoms with van der Waals surface area (Å²) in [5, 5.41) is 10.9. The van der Waals surface area contributed by atoms with Crippen molar-refractivity contribution >= 4 is 23.5 Å². The summed E-state index contributed by atoms with van der Waals surface area (Å²) in [4.78, 5) is 14.4. The molecule has 0 atom stereocenters. The summed E-state index contributed by atoms with van der Waals surface area (Å²) in [5.74, 6) is 0.824. The third-order valence-electron chi connectivity index (χ3n) is 3.60. The second kappa shape index (κ2) is 7.83. The van der Waals surface area contributed by atoms with E-state index in [-0.39, 0.29) is 5.69 Å². The van der Waals surface area contributed by atoms with Gasteiger partial charge in [-0.3, -0.25) is 9.89 Å². The number of amides is 1. The van der Waals surface area contributed by atoms with Crippen LogP contribution < -0.4 is 14.9 Å². The van der Waals surface area contributed by atoms with Gasteiger partial charge in [0.25, 0.3) is 5.91 Å². The largest absolute Gasteiger partial charge is 0.493 e. The molecule has 0 aliphatic carbocycles. The molecule has 26 heavy (non-hydrogen) atoms. The number of rotatable bonds is 6. The maximum atomic E-state index is 12.2. The van der Waals surface area contributed by atoms with Crippen molar-refractivity contribution in [3.63, 3.8) is 0 Å². The lowest BCUT2D eigenvalue weighted by Gasteiger charge is -2.07. The second-order valence-electron chi connectivity index (χ2n) is 5.39. The Morgan fingerprint density at radius 1 is 1.19 bits per heavy atom. The highest BCUT2D eigenvalue weighted by Gasteiger charge is 2.11. The summed E-state index contributed by atoms with van der Waals surface area (Å²) in [6, 6.07) is 11.1. The van der Waals surface area contributed by atoms with E-state index in [1.807, 2.05) is 25.1 Å². The number of hydrogen-bond donors (Lipinski definition) is 2. The zero-order valence-electron chi connectivity index (χ0n) is 14.6. The van der Waals surface area contributed by atoms with Crippen LogP contribution in [0.25, 0.3) is 10.6 Å². The molecule has 0 bridgehead atoms. The van der Waals surface area contributed by atoms with Crippen molar-refractivity contribution in [1.29, 1.82) is 0 Å². The van der Waals surface area contributed by atoms with Crippen LogP contribution >= 0.6 is 11.3 Å².